The Hall–Kier alpha value is -1.59. The number of nitrogens with two attached hydrogens (primary N) is 1. The van der Waals surface area contributed by atoms with Crippen LogP contribution in [0.3, 0.4) is 0 Å². The van der Waals surface area contributed by atoms with E-state index in [9.17, 15) is 14.4 Å². The number of carboxylic acid groups (broad SMARTS) is 1. The van der Waals surface area contributed by atoms with Crippen LogP contribution in [0.4, 0.5) is 0 Å². The SMILES string of the molecule is CC(C)(C)C(=O)N[C@@H](CC(N)=O)C(=O)O. The lowest BCUT2D eigenvalue weighted by Gasteiger charge is -2.21. The van der Waals surface area contributed by atoms with E-state index in [1.807, 2.05) is 0 Å². The van der Waals surface area contributed by atoms with Crippen molar-refractivity contribution in [3.63, 3.8) is 0 Å². The lowest BCUT2D eigenvalue weighted by Crippen LogP contribution is -2.47. The van der Waals surface area contributed by atoms with Gasteiger partial charge in [0.25, 0.3) is 0 Å². The van der Waals surface area contributed by atoms with Crippen LogP contribution in [-0.2, 0) is 14.4 Å². The molecule has 6 heteroatoms. The van der Waals surface area contributed by atoms with Crippen LogP contribution in [0.15, 0.2) is 0 Å². The maximum Gasteiger partial charge on any atom is 0.326 e. The maximum absolute atomic E-state index is 11.4. The normalized spacial score (nSPS) is 13.0. The number of hydrogen-bond donors (Lipinski definition) is 3. The molecule has 15 heavy (non-hydrogen) atoms. The number of hydrogen-bond acceptors (Lipinski definition) is 3. The third-order valence-electron chi connectivity index (χ3n) is 1.69. The third kappa shape index (κ3) is 4.99. The predicted molar refractivity (Wildman–Crippen MR) is 52.8 cm³/mol. The Morgan fingerprint density at radius 3 is 2.07 bits per heavy atom. The van der Waals surface area contributed by atoms with Gasteiger partial charge in [-0.25, -0.2) is 4.79 Å². The van der Waals surface area contributed by atoms with Crippen LogP contribution in [0, 0.1) is 5.41 Å². The van der Waals surface area contributed by atoms with E-state index in [4.69, 9.17) is 10.8 Å². The van der Waals surface area contributed by atoms with Gasteiger partial charge in [0.1, 0.15) is 6.04 Å². The number of aliphatic carboxylic acids is 1. The van der Waals surface area contributed by atoms with Gasteiger partial charge in [-0.05, 0) is 0 Å². The van der Waals surface area contributed by atoms with Crippen molar-refractivity contribution < 1.29 is 19.5 Å². The van der Waals surface area contributed by atoms with Crippen molar-refractivity contribution >= 4 is 17.8 Å². The highest BCUT2D eigenvalue weighted by Gasteiger charge is 2.28. The maximum atomic E-state index is 11.4. The molecule has 0 bridgehead atoms. The second-order valence-electron chi connectivity index (χ2n) is 4.28. The van der Waals surface area contributed by atoms with Crippen LogP contribution >= 0.6 is 0 Å². The van der Waals surface area contributed by atoms with Crippen LogP contribution in [-0.4, -0.2) is 28.9 Å². The van der Waals surface area contributed by atoms with Crippen LogP contribution in [0.5, 0.6) is 0 Å². The van der Waals surface area contributed by atoms with Gasteiger partial charge in [-0.3, -0.25) is 9.59 Å². The zero-order valence-electron chi connectivity index (χ0n) is 9.03. The Morgan fingerprint density at radius 1 is 1.33 bits per heavy atom. The molecule has 86 valence electrons. The van der Waals surface area contributed by atoms with E-state index in [2.05, 4.69) is 5.32 Å². The molecule has 2 amide bonds. The summed E-state index contributed by atoms with van der Waals surface area (Å²) in [5.41, 5.74) is 4.16. The molecule has 0 spiro atoms. The summed E-state index contributed by atoms with van der Waals surface area (Å²) < 4.78 is 0. The highest BCUT2D eigenvalue weighted by Crippen LogP contribution is 2.13. The molecule has 0 aromatic heterocycles. The van der Waals surface area contributed by atoms with E-state index < -0.39 is 35.7 Å². The van der Waals surface area contributed by atoms with Gasteiger partial charge in [-0.1, -0.05) is 20.8 Å². The third-order valence-corrected chi connectivity index (χ3v) is 1.69. The summed E-state index contributed by atoms with van der Waals surface area (Å²) in [6.45, 7) is 4.93. The van der Waals surface area contributed by atoms with Gasteiger partial charge in [-0.15, -0.1) is 0 Å². The first kappa shape index (κ1) is 13.4. The molecule has 0 aliphatic heterocycles. The van der Waals surface area contributed by atoms with Crippen molar-refractivity contribution in [2.24, 2.45) is 11.1 Å². The molecule has 0 aliphatic rings. The second-order valence-corrected chi connectivity index (χ2v) is 4.28. The number of carbonyl (C=O) groups excluding carboxylic acids is 2. The van der Waals surface area contributed by atoms with E-state index in [0.717, 1.165) is 0 Å². The first-order chi connectivity index (χ1) is 6.64. The van der Waals surface area contributed by atoms with Gasteiger partial charge < -0.3 is 16.2 Å². The summed E-state index contributed by atoms with van der Waals surface area (Å²) in [6.07, 6.45) is -0.406. The fourth-order valence-corrected chi connectivity index (χ4v) is 0.776. The van der Waals surface area contributed by atoms with E-state index in [1.165, 1.54) is 0 Å². The van der Waals surface area contributed by atoms with E-state index >= 15 is 0 Å². The number of rotatable bonds is 4. The molecular weight excluding hydrogens is 200 g/mol. The number of amides is 2. The molecule has 0 aliphatic carbocycles. The number of nitrogens with one attached hydrogen (secondary N) is 1. The molecule has 1 atom stereocenters. The fourth-order valence-electron chi connectivity index (χ4n) is 0.776. The standard InChI is InChI=1S/C9H16N2O4/c1-9(2,3)8(15)11-5(7(13)14)4-6(10)12/h5H,4H2,1-3H3,(H2,10,12)(H,11,15)(H,13,14)/t5-/m0/s1. The molecule has 0 saturated carbocycles. The first-order valence-corrected chi connectivity index (χ1v) is 4.46. The topological polar surface area (TPSA) is 109 Å². The highest BCUT2D eigenvalue weighted by atomic mass is 16.4. The summed E-state index contributed by atoms with van der Waals surface area (Å²) in [5, 5.41) is 11.0. The summed E-state index contributed by atoms with van der Waals surface area (Å²) in [6, 6.07) is -1.26. The largest absolute Gasteiger partial charge is 0.480 e. The average Bonchev–Trinajstić information content (AvgIpc) is 1.99. The van der Waals surface area contributed by atoms with Crippen LogP contribution in [0.25, 0.3) is 0 Å². The van der Waals surface area contributed by atoms with Crippen molar-refractivity contribution in [3.05, 3.63) is 0 Å². The lowest BCUT2D eigenvalue weighted by molar-refractivity contribution is -0.144. The van der Waals surface area contributed by atoms with Crippen molar-refractivity contribution in [1.29, 1.82) is 0 Å². The molecule has 0 fully saturated rings. The molecule has 4 N–H and O–H groups in total. The second kappa shape index (κ2) is 4.77. The molecule has 6 nitrogen and oxygen atoms in total. The zero-order chi connectivity index (χ0) is 12.2. The summed E-state index contributed by atoms with van der Waals surface area (Å²) >= 11 is 0. The first-order valence-electron chi connectivity index (χ1n) is 4.46. The minimum Gasteiger partial charge on any atom is -0.480 e. The molecule has 0 saturated heterocycles. The Labute approximate surface area is 87.8 Å². The number of carboxylic acids is 1. The summed E-state index contributed by atoms with van der Waals surface area (Å²) in [4.78, 5) is 32.7. The van der Waals surface area contributed by atoms with Gasteiger partial charge in [0.2, 0.25) is 11.8 Å². The molecular formula is C9H16N2O4. The monoisotopic (exact) mass is 216 g/mol. The molecule has 0 rings (SSSR count). The van der Waals surface area contributed by atoms with Gasteiger partial charge in [0.05, 0.1) is 6.42 Å². The minimum atomic E-state index is -1.27. The predicted octanol–water partition coefficient (Wildman–Crippen LogP) is -0.523. The Morgan fingerprint density at radius 2 is 1.80 bits per heavy atom. The van der Waals surface area contributed by atoms with Crippen molar-refractivity contribution in [3.8, 4) is 0 Å². The Bertz CT molecular complexity index is 280. The van der Waals surface area contributed by atoms with Gasteiger partial charge >= 0.3 is 5.97 Å². The minimum absolute atomic E-state index is 0.406. The molecule has 0 aromatic carbocycles. The fraction of sp³-hybridized carbons (Fsp3) is 0.667. The number of carbonyl (C=O) groups is 3. The van der Waals surface area contributed by atoms with E-state index in [-0.39, 0.29) is 0 Å². The van der Waals surface area contributed by atoms with Gasteiger partial charge in [-0.2, -0.15) is 0 Å². The van der Waals surface area contributed by atoms with Crippen molar-refractivity contribution in [2.45, 2.75) is 33.2 Å². The Kier molecular flexibility index (Phi) is 4.26. The number of primary amides is 1. The lowest BCUT2D eigenvalue weighted by atomic mass is 9.95. The smallest absolute Gasteiger partial charge is 0.326 e. The zero-order valence-corrected chi connectivity index (χ0v) is 9.03. The van der Waals surface area contributed by atoms with E-state index in [1.54, 1.807) is 20.8 Å². The van der Waals surface area contributed by atoms with Crippen LogP contribution < -0.4 is 11.1 Å². The molecule has 0 unspecified atom stereocenters. The highest BCUT2D eigenvalue weighted by molar-refractivity contribution is 5.89. The van der Waals surface area contributed by atoms with Crippen molar-refractivity contribution in [1.82, 2.24) is 5.32 Å². The van der Waals surface area contributed by atoms with Crippen LogP contribution in [0.2, 0.25) is 0 Å². The van der Waals surface area contributed by atoms with E-state index in [0.29, 0.717) is 0 Å². The quantitative estimate of drug-likeness (QED) is 0.587. The molecule has 0 heterocycles. The molecule has 0 aromatic rings. The van der Waals surface area contributed by atoms with Gasteiger partial charge in [0, 0.05) is 5.41 Å². The summed E-state index contributed by atoms with van der Waals surface area (Å²) in [7, 11) is 0. The average molecular weight is 216 g/mol. The van der Waals surface area contributed by atoms with Crippen molar-refractivity contribution in [2.75, 3.05) is 0 Å². The van der Waals surface area contributed by atoms with Gasteiger partial charge in [0.15, 0.2) is 0 Å². The Balaban J connectivity index is 4.50. The molecule has 0 radical (unpaired) electrons. The summed E-state index contributed by atoms with van der Waals surface area (Å²) in [5.74, 6) is -2.47. The van der Waals surface area contributed by atoms with Crippen LogP contribution in [0.1, 0.15) is 27.2 Å².